The Morgan fingerprint density at radius 2 is 1.91 bits per heavy atom. The Morgan fingerprint density at radius 3 is 2.27 bits per heavy atom. The molecule has 1 atom stereocenters. The number of hydrogen-bond donors (Lipinski definition) is 1. The fourth-order valence-corrected chi connectivity index (χ4v) is 1.01. The second-order valence-corrected chi connectivity index (χ2v) is 3.18. The third kappa shape index (κ3) is 1.99. The summed E-state index contributed by atoms with van der Waals surface area (Å²) in [7, 11) is 0. The highest BCUT2D eigenvalue weighted by molar-refractivity contribution is 7.80. The van der Waals surface area contributed by atoms with Crippen molar-refractivity contribution in [2.45, 2.75) is 12.2 Å². The molecule has 1 aromatic carbocycles. The van der Waals surface area contributed by atoms with Gasteiger partial charge in [-0.15, -0.1) is 0 Å². The van der Waals surface area contributed by atoms with Crippen LogP contribution in [0.2, 0.25) is 0 Å². The van der Waals surface area contributed by atoms with Gasteiger partial charge in [-0.25, -0.2) is 0 Å². The smallest absolute Gasteiger partial charge is 0.0991 e. The Morgan fingerprint density at radius 1 is 1.36 bits per heavy atom. The van der Waals surface area contributed by atoms with E-state index in [0.29, 0.717) is 5.56 Å². The van der Waals surface area contributed by atoms with Gasteiger partial charge in [-0.05, 0) is 24.6 Å². The molecule has 0 aliphatic heterocycles. The van der Waals surface area contributed by atoms with Gasteiger partial charge in [0.05, 0.1) is 11.6 Å². The molecule has 1 unspecified atom stereocenters. The fraction of sp³-hybridized carbons (Fsp3) is 0.222. The van der Waals surface area contributed by atoms with Crippen molar-refractivity contribution >= 4 is 12.6 Å². The monoisotopic (exact) mass is 163 g/mol. The molecule has 11 heavy (non-hydrogen) atoms. The molecule has 0 N–H and O–H groups in total. The van der Waals surface area contributed by atoms with Crippen LogP contribution in [0.15, 0.2) is 24.3 Å². The van der Waals surface area contributed by atoms with Crippen molar-refractivity contribution < 1.29 is 0 Å². The molecule has 0 heterocycles. The third-order valence-corrected chi connectivity index (χ3v) is 1.82. The van der Waals surface area contributed by atoms with E-state index in [4.69, 9.17) is 5.26 Å². The van der Waals surface area contributed by atoms with E-state index in [2.05, 4.69) is 18.7 Å². The largest absolute Gasteiger partial charge is 0.192 e. The molecule has 1 rings (SSSR count). The SMILES string of the molecule is CC(S)c1ccc(C#N)cc1. The van der Waals surface area contributed by atoms with E-state index in [1.54, 1.807) is 0 Å². The first-order valence-corrected chi connectivity index (χ1v) is 3.94. The summed E-state index contributed by atoms with van der Waals surface area (Å²) in [4.78, 5) is 0. The normalized spacial score (nSPS) is 12.1. The standard InChI is InChI=1S/C9H9NS/c1-7(11)9-4-2-8(6-10)3-5-9/h2-5,7,11H,1H3. The first-order valence-electron chi connectivity index (χ1n) is 3.42. The van der Waals surface area contributed by atoms with Gasteiger partial charge < -0.3 is 0 Å². The van der Waals surface area contributed by atoms with Crippen LogP contribution in [0.3, 0.4) is 0 Å². The van der Waals surface area contributed by atoms with Crippen molar-refractivity contribution in [3.63, 3.8) is 0 Å². The molecule has 0 aromatic heterocycles. The lowest BCUT2D eigenvalue weighted by Crippen LogP contribution is -1.83. The van der Waals surface area contributed by atoms with Gasteiger partial charge in [0.1, 0.15) is 0 Å². The molecule has 0 amide bonds. The minimum absolute atomic E-state index is 0.239. The lowest BCUT2D eigenvalue weighted by Gasteiger charge is -2.02. The van der Waals surface area contributed by atoms with Gasteiger partial charge in [0.25, 0.3) is 0 Å². The van der Waals surface area contributed by atoms with E-state index in [1.165, 1.54) is 0 Å². The fourth-order valence-electron chi connectivity index (χ4n) is 0.836. The maximum Gasteiger partial charge on any atom is 0.0991 e. The molecule has 56 valence electrons. The van der Waals surface area contributed by atoms with Crippen LogP contribution in [0, 0.1) is 11.3 Å². The molecule has 0 saturated carbocycles. The number of nitrogens with zero attached hydrogens (tertiary/aromatic N) is 1. The van der Waals surface area contributed by atoms with Crippen LogP contribution < -0.4 is 0 Å². The average Bonchev–Trinajstić information content (AvgIpc) is 2.05. The number of hydrogen-bond acceptors (Lipinski definition) is 2. The van der Waals surface area contributed by atoms with Crippen LogP contribution in [-0.2, 0) is 0 Å². The Kier molecular flexibility index (Phi) is 2.56. The van der Waals surface area contributed by atoms with E-state index in [1.807, 2.05) is 31.2 Å². The van der Waals surface area contributed by atoms with E-state index in [0.717, 1.165) is 5.56 Å². The highest BCUT2D eigenvalue weighted by atomic mass is 32.1. The van der Waals surface area contributed by atoms with Gasteiger partial charge in [-0.2, -0.15) is 17.9 Å². The van der Waals surface area contributed by atoms with Crippen LogP contribution in [0.1, 0.15) is 23.3 Å². The maximum absolute atomic E-state index is 8.50. The molecule has 0 aliphatic carbocycles. The highest BCUT2D eigenvalue weighted by Crippen LogP contribution is 2.18. The quantitative estimate of drug-likeness (QED) is 0.632. The van der Waals surface area contributed by atoms with Gasteiger partial charge in [0.2, 0.25) is 0 Å². The number of rotatable bonds is 1. The second kappa shape index (κ2) is 3.45. The molecular formula is C9H9NS. The molecule has 1 aromatic rings. The average molecular weight is 163 g/mol. The Balaban J connectivity index is 2.94. The van der Waals surface area contributed by atoms with Gasteiger partial charge in [-0.1, -0.05) is 12.1 Å². The van der Waals surface area contributed by atoms with E-state index >= 15 is 0 Å². The Bertz CT molecular complexity index is 269. The topological polar surface area (TPSA) is 23.8 Å². The van der Waals surface area contributed by atoms with Crippen molar-refractivity contribution in [2.24, 2.45) is 0 Å². The van der Waals surface area contributed by atoms with Crippen molar-refractivity contribution in [2.75, 3.05) is 0 Å². The molecule has 0 radical (unpaired) electrons. The number of thiol groups is 1. The lowest BCUT2D eigenvalue weighted by atomic mass is 10.1. The van der Waals surface area contributed by atoms with Crippen LogP contribution >= 0.6 is 12.6 Å². The van der Waals surface area contributed by atoms with Crippen LogP contribution in [0.5, 0.6) is 0 Å². The molecule has 0 spiro atoms. The van der Waals surface area contributed by atoms with Crippen molar-refractivity contribution in [3.8, 4) is 6.07 Å². The van der Waals surface area contributed by atoms with E-state index < -0.39 is 0 Å². The molecule has 1 nitrogen and oxygen atoms in total. The molecule has 0 aliphatic rings. The summed E-state index contributed by atoms with van der Waals surface area (Å²) in [5.41, 5.74) is 1.84. The molecule has 2 heteroatoms. The van der Waals surface area contributed by atoms with Crippen molar-refractivity contribution in [1.29, 1.82) is 5.26 Å². The summed E-state index contributed by atoms with van der Waals surface area (Å²) >= 11 is 4.27. The van der Waals surface area contributed by atoms with E-state index in [-0.39, 0.29) is 5.25 Å². The minimum atomic E-state index is 0.239. The number of nitriles is 1. The predicted octanol–water partition coefficient (Wildman–Crippen LogP) is 2.55. The first kappa shape index (κ1) is 8.16. The summed E-state index contributed by atoms with van der Waals surface area (Å²) in [6.07, 6.45) is 0. The summed E-state index contributed by atoms with van der Waals surface area (Å²) in [5, 5.41) is 8.74. The first-order chi connectivity index (χ1) is 5.24. The molecule has 0 fully saturated rings. The second-order valence-electron chi connectivity index (χ2n) is 2.41. The predicted molar refractivity (Wildman–Crippen MR) is 48.6 cm³/mol. The summed E-state index contributed by atoms with van der Waals surface area (Å²) in [5.74, 6) is 0. The molecule has 0 saturated heterocycles. The maximum atomic E-state index is 8.50. The highest BCUT2D eigenvalue weighted by Gasteiger charge is 1.97. The summed E-state index contributed by atoms with van der Waals surface area (Å²) in [6, 6.07) is 9.54. The van der Waals surface area contributed by atoms with Gasteiger partial charge in [0, 0.05) is 5.25 Å². The Labute approximate surface area is 72.1 Å². The van der Waals surface area contributed by atoms with E-state index in [9.17, 15) is 0 Å². The Hall–Kier alpha value is -0.940. The van der Waals surface area contributed by atoms with Gasteiger partial charge in [-0.3, -0.25) is 0 Å². The zero-order valence-electron chi connectivity index (χ0n) is 6.28. The zero-order chi connectivity index (χ0) is 8.27. The summed E-state index contributed by atoms with van der Waals surface area (Å²) in [6.45, 7) is 2.00. The zero-order valence-corrected chi connectivity index (χ0v) is 7.18. The van der Waals surface area contributed by atoms with Crippen LogP contribution in [-0.4, -0.2) is 0 Å². The molecule has 0 bridgehead atoms. The van der Waals surface area contributed by atoms with Gasteiger partial charge in [0.15, 0.2) is 0 Å². The van der Waals surface area contributed by atoms with Crippen molar-refractivity contribution in [1.82, 2.24) is 0 Å². The van der Waals surface area contributed by atoms with Gasteiger partial charge >= 0.3 is 0 Å². The van der Waals surface area contributed by atoms with Crippen LogP contribution in [0.4, 0.5) is 0 Å². The van der Waals surface area contributed by atoms with Crippen molar-refractivity contribution in [3.05, 3.63) is 35.4 Å². The lowest BCUT2D eigenvalue weighted by molar-refractivity contribution is 1.11. The summed E-state index contributed by atoms with van der Waals surface area (Å²) < 4.78 is 0. The number of benzene rings is 1. The third-order valence-electron chi connectivity index (χ3n) is 1.52. The van der Waals surface area contributed by atoms with Crippen LogP contribution in [0.25, 0.3) is 0 Å². The minimum Gasteiger partial charge on any atom is -0.192 e. The molecular weight excluding hydrogens is 154 g/mol.